The van der Waals surface area contributed by atoms with Crippen LogP contribution in [0.2, 0.25) is 0 Å². The molecule has 1 rings (SSSR count). The largest absolute Gasteiger partial charge is 0.478 e. The van der Waals surface area contributed by atoms with Crippen LogP contribution in [0.15, 0.2) is 23.1 Å². The molecule has 0 spiro atoms. The molecule has 4 nitrogen and oxygen atoms in total. The van der Waals surface area contributed by atoms with Crippen molar-refractivity contribution in [2.24, 2.45) is 0 Å². The van der Waals surface area contributed by atoms with E-state index in [1.165, 1.54) is 61.4 Å². The highest BCUT2D eigenvalue weighted by atomic mass is 16.4. The lowest BCUT2D eigenvalue weighted by Crippen LogP contribution is -2.20. The highest BCUT2D eigenvalue weighted by Gasteiger charge is 2.04. The molecule has 0 bridgehead atoms. The van der Waals surface area contributed by atoms with Gasteiger partial charge in [-0.05, 0) is 12.5 Å². The summed E-state index contributed by atoms with van der Waals surface area (Å²) in [6.07, 6.45) is 11.1. The minimum Gasteiger partial charge on any atom is -0.478 e. The summed E-state index contributed by atoms with van der Waals surface area (Å²) in [5, 5.41) is 8.90. The van der Waals surface area contributed by atoms with Crippen LogP contribution in [0.4, 0.5) is 0 Å². The lowest BCUT2D eigenvalue weighted by Gasteiger charge is -2.06. The molecule has 1 heterocycles. The van der Waals surface area contributed by atoms with Crippen molar-refractivity contribution in [1.29, 1.82) is 0 Å². The van der Waals surface area contributed by atoms with Crippen LogP contribution >= 0.6 is 0 Å². The molecule has 20 heavy (non-hydrogen) atoms. The smallest absolute Gasteiger partial charge is 0.337 e. The molecule has 0 aliphatic rings. The molecule has 0 aliphatic carbocycles. The number of aromatic carboxylic acids is 1. The van der Waals surface area contributed by atoms with E-state index in [9.17, 15) is 9.59 Å². The number of hydrogen-bond acceptors (Lipinski definition) is 2. The Hall–Kier alpha value is -1.58. The molecule has 0 aliphatic heterocycles. The topological polar surface area (TPSA) is 59.3 Å². The Bertz CT molecular complexity index is 465. The number of rotatable bonds is 10. The van der Waals surface area contributed by atoms with E-state index < -0.39 is 5.97 Å². The van der Waals surface area contributed by atoms with E-state index in [2.05, 4.69) is 6.92 Å². The van der Waals surface area contributed by atoms with E-state index in [1.807, 2.05) is 0 Å². The lowest BCUT2D eigenvalue weighted by atomic mass is 10.1. The van der Waals surface area contributed by atoms with Gasteiger partial charge in [0, 0.05) is 18.8 Å². The number of carboxylic acid groups (broad SMARTS) is 1. The van der Waals surface area contributed by atoms with Crippen molar-refractivity contribution in [3.63, 3.8) is 0 Å². The molecule has 0 atom stereocenters. The fraction of sp³-hybridized carbons (Fsp3) is 0.625. The fourth-order valence-electron chi connectivity index (χ4n) is 2.25. The van der Waals surface area contributed by atoms with Crippen molar-refractivity contribution < 1.29 is 9.90 Å². The summed E-state index contributed by atoms with van der Waals surface area (Å²) in [4.78, 5) is 22.5. The molecule has 0 fully saturated rings. The standard InChI is InChI=1S/C16H25NO3/c1-2-3-4-5-6-7-8-9-12-17-13-14(16(19)20)10-11-15(17)18/h10-11,13H,2-9,12H2,1H3,(H,19,20). The number of aryl methyl sites for hydroxylation is 1. The van der Waals surface area contributed by atoms with Crippen molar-refractivity contribution in [2.45, 2.75) is 64.8 Å². The molecule has 0 radical (unpaired) electrons. The van der Waals surface area contributed by atoms with Gasteiger partial charge in [-0.1, -0.05) is 51.9 Å². The Morgan fingerprint density at radius 2 is 1.65 bits per heavy atom. The SMILES string of the molecule is CCCCCCCCCCn1cc(C(=O)O)ccc1=O. The molecule has 1 N–H and O–H groups in total. The first-order chi connectivity index (χ1) is 9.65. The van der Waals surface area contributed by atoms with E-state index in [0.717, 1.165) is 12.8 Å². The quantitative estimate of drug-likeness (QED) is 0.664. The van der Waals surface area contributed by atoms with Gasteiger partial charge < -0.3 is 9.67 Å². The Balaban J connectivity index is 2.26. The average molecular weight is 279 g/mol. The van der Waals surface area contributed by atoms with E-state index in [0.29, 0.717) is 6.54 Å². The third kappa shape index (κ3) is 6.04. The Morgan fingerprint density at radius 1 is 1.05 bits per heavy atom. The van der Waals surface area contributed by atoms with Gasteiger partial charge in [-0.2, -0.15) is 0 Å². The monoisotopic (exact) mass is 279 g/mol. The van der Waals surface area contributed by atoms with Gasteiger partial charge in [-0.15, -0.1) is 0 Å². The molecule has 1 aromatic rings. The zero-order valence-electron chi connectivity index (χ0n) is 12.3. The van der Waals surface area contributed by atoms with Gasteiger partial charge in [-0.25, -0.2) is 4.79 Å². The molecular weight excluding hydrogens is 254 g/mol. The number of carboxylic acids is 1. The van der Waals surface area contributed by atoms with Crippen LogP contribution < -0.4 is 5.56 Å². The van der Waals surface area contributed by atoms with E-state index in [4.69, 9.17) is 5.11 Å². The van der Waals surface area contributed by atoms with Crippen LogP contribution in [0.3, 0.4) is 0 Å². The summed E-state index contributed by atoms with van der Waals surface area (Å²) in [5.41, 5.74) is 0.0436. The average Bonchev–Trinajstić information content (AvgIpc) is 2.43. The minimum atomic E-state index is -0.991. The van der Waals surface area contributed by atoms with Crippen molar-refractivity contribution >= 4 is 5.97 Å². The predicted octanol–water partition coefficient (Wildman–Crippen LogP) is 3.69. The molecular formula is C16H25NO3. The number of nitrogens with zero attached hydrogens (tertiary/aromatic N) is 1. The summed E-state index contributed by atoms with van der Waals surface area (Å²) in [5.74, 6) is -0.991. The van der Waals surface area contributed by atoms with Gasteiger partial charge in [0.2, 0.25) is 0 Å². The van der Waals surface area contributed by atoms with Crippen LogP contribution in [0.25, 0.3) is 0 Å². The second kappa shape index (κ2) is 9.34. The fourth-order valence-corrected chi connectivity index (χ4v) is 2.25. The summed E-state index contributed by atoms with van der Waals surface area (Å²) in [6.45, 7) is 2.82. The summed E-state index contributed by atoms with van der Waals surface area (Å²) >= 11 is 0. The molecule has 4 heteroatoms. The molecule has 0 amide bonds. The van der Waals surface area contributed by atoms with E-state index in [-0.39, 0.29) is 11.1 Å². The van der Waals surface area contributed by atoms with Crippen LogP contribution in [-0.2, 0) is 6.54 Å². The Labute approximate surface area is 120 Å². The second-order valence-corrected chi connectivity index (χ2v) is 5.23. The summed E-state index contributed by atoms with van der Waals surface area (Å²) < 4.78 is 1.50. The van der Waals surface area contributed by atoms with Crippen LogP contribution in [0.5, 0.6) is 0 Å². The van der Waals surface area contributed by atoms with Crippen LogP contribution in [-0.4, -0.2) is 15.6 Å². The van der Waals surface area contributed by atoms with Crippen molar-refractivity contribution in [2.75, 3.05) is 0 Å². The molecule has 0 aromatic carbocycles. The molecule has 112 valence electrons. The first kappa shape index (κ1) is 16.5. The molecule has 0 saturated carbocycles. The maximum atomic E-state index is 11.6. The van der Waals surface area contributed by atoms with Crippen LogP contribution in [0, 0.1) is 0 Å². The summed E-state index contributed by atoms with van der Waals surface area (Å²) in [7, 11) is 0. The van der Waals surface area contributed by atoms with Gasteiger partial charge in [-0.3, -0.25) is 4.79 Å². The number of unbranched alkanes of at least 4 members (excludes halogenated alkanes) is 7. The molecule has 0 saturated heterocycles. The number of carbonyl (C=O) groups is 1. The number of hydrogen-bond donors (Lipinski definition) is 1. The zero-order valence-corrected chi connectivity index (χ0v) is 12.3. The first-order valence-corrected chi connectivity index (χ1v) is 7.59. The van der Waals surface area contributed by atoms with Gasteiger partial charge in [0.05, 0.1) is 5.56 Å². The third-order valence-corrected chi connectivity index (χ3v) is 3.48. The Morgan fingerprint density at radius 3 is 2.25 bits per heavy atom. The minimum absolute atomic E-state index is 0.127. The van der Waals surface area contributed by atoms with Crippen molar-refractivity contribution in [3.05, 3.63) is 34.2 Å². The highest BCUT2D eigenvalue weighted by Crippen LogP contribution is 2.09. The van der Waals surface area contributed by atoms with E-state index >= 15 is 0 Å². The van der Waals surface area contributed by atoms with E-state index in [1.54, 1.807) is 0 Å². The van der Waals surface area contributed by atoms with Crippen molar-refractivity contribution in [1.82, 2.24) is 4.57 Å². The van der Waals surface area contributed by atoms with Gasteiger partial charge in [0.15, 0.2) is 0 Å². The second-order valence-electron chi connectivity index (χ2n) is 5.23. The molecule has 0 unspecified atom stereocenters. The third-order valence-electron chi connectivity index (χ3n) is 3.48. The number of aromatic nitrogens is 1. The first-order valence-electron chi connectivity index (χ1n) is 7.59. The van der Waals surface area contributed by atoms with Crippen molar-refractivity contribution in [3.8, 4) is 0 Å². The van der Waals surface area contributed by atoms with Gasteiger partial charge >= 0.3 is 5.97 Å². The van der Waals surface area contributed by atoms with Crippen LogP contribution in [0.1, 0.15) is 68.6 Å². The highest BCUT2D eigenvalue weighted by molar-refractivity contribution is 5.87. The number of pyridine rings is 1. The lowest BCUT2D eigenvalue weighted by molar-refractivity contribution is 0.0696. The van der Waals surface area contributed by atoms with Gasteiger partial charge in [0.1, 0.15) is 0 Å². The normalized spacial score (nSPS) is 10.7. The molecule has 1 aromatic heterocycles. The zero-order chi connectivity index (χ0) is 14.8. The Kier molecular flexibility index (Phi) is 7.70. The predicted molar refractivity (Wildman–Crippen MR) is 80.3 cm³/mol. The summed E-state index contributed by atoms with van der Waals surface area (Å²) in [6, 6.07) is 2.68. The maximum absolute atomic E-state index is 11.6. The van der Waals surface area contributed by atoms with Gasteiger partial charge in [0.25, 0.3) is 5.56 Å². The maximum Gasteiger partial charge on any atom is 0.337 e.